The molecule has 0 heteroatoms. The monoisotopic (exact) mass is 256 g/mol. The molecule has 0 amide bonds. The highest BCUT2D eigenvalue weighted by molar-refractivity contribution is 5.84. The van der Waals surface area contributed by atoms with Crippen LogP contribution in [0.25, 0.3) is 22.3 Å². The minimum absolute atomic E-state index is 1.05. The molecule has 1 aliphatic carbocycles. The van der Waals surface area contributed by atoms with Crippen molar-refractivity contribution in [3.63, 3.8) is 0 Å². The molecule has 3 aromatic rings. The lowest BCUT2D eigenvalue weighted by molar-refractivity contribution is 1.26. The summed E-state index contributed by atoms with van der Waals surface area (Å²) in [6, 6.07) is 24.2. The number of fused-ring (bicyclic) bond motifs is 3. The molecule has 1 aliphatic rings. The van der Waals surface area contributed by atoms with Crippen molar-refractivity contribution >= 4 is 0 Å². The van der Waals surface area contributed by atoms with Crippen LogP contribution in [0, 0.1) is 6.92 Å². The van der Waals surface area contributed by atoms with Gasteiger partial charge in [-0.05, 0) is 46.7 Å². The SMILES string of the molecule is Cc1cccc(-c2cccc3c2Cc2ccccc2-3)c1. The Kier molecular flexibility index (Phi) is 2.50. The standard InChI is InChI=1S/C20H16/c1-14-6-4-8-15(12-14)18-10-5-11-19-17-9-3-2-7-16(17)13-20(18)19/h2-12H,13H2,1H3. The van der Waals surface area contributed by atoms with Crippen LogP contribution in [0.4, 0.5) is 0 Å². The van der Waals surface area contributed by atoms with Crippen molar-refractivity contribution in [2.24, 2.45) is 0 Å². The molecule has 4 rings (SSSR count). The third kappa shape index (κ3) is 1.69. The Balaban J connectivity index is 1.94. The zero-order chi connectivity index (χ0) is 13.5. The van der Waals surface area contributed by atoms with Crippen LogP contribution in [-0.2, 0) is 6.42 Å². The van der Waals surface area contributed by atoms with Gasteiger partial charge in [-0.1, -0.05) is 72.3 Å². The first-order chi connectivity index (χ1) is 9.83. The van der Waals surface area contributed by atoms with Crippen LogP contribution in [0.3, 0.4) is 0 Å². The minimum Gasteiger partial charge on any atom is -0.0619 e. The van der Waals surface area contributed by atoms with Crippen molar-refractivity contribution in [2.45, 2.75) is 13.3 Å². The minimum atomic E-state index is 1.05. The van der Waals surface area contributed by atoms with Gasteiger partial charge in [-0.2, -0.15) is 0 Å². The smallest absolute Gasteiger partial charge is 0.000729 e. The second-order valence-corrected chi connectivity index (χ2v) is 5.54. The predicted molar refractivity (Wildman–Crippen MR) is 84.9 cm³/mol. The maximum atomic E-state index is 2.28. The molecular formula is C20H16. The van der Waals surface area contributed by atoms with Crippen molar-refractivity contribution in [3.05, 3.63) is 83.4 Å². The maximum absolute atomic E-state index is 2.28. The van der Waals surface area contributed by atoms with Crippen molar-refractivity contribution < 1.29 is 0 Å². The van der Waals surface area contributed by atoms with Crippen LogP contribution >= 0.6 is 0 Å². The Hall–Kier alpha value is -2.34. The zero-order valence-corrected chi connectivity index (χ0v) is 11.6. The van der Waals surface area contributed by atoms with Gasteiger partial charge in [-0.15, -0.1) is 0 Å². The summed E-state index contributed by atoms with van der Waals surface area (Å²) >= 11 is 0. The van der Waals surface area contributed by atoms with Crippen LogP contribution < -0.4 is 0 Å². The molecule has 0 aliphatic heterocycles. The Morgan fingerprint density at radius 1 is 0.700 bits per heavy atom. The fourth-order valence-electron chi connectivity index (χ4n) is 3.24. The molecule has 3 aromatic carbocycles. The second kappa shape index (κ2) is 4.35. The van der Waals surface area contributed by atoms with Gasteiger partial charge in [0.25, 0.3) is 0 Å². The van der Waals surface area contributed by atoms with Crippen LogP contribution in [0.1, 0.15) is 16.7 Å². The largest absolute Gasteiger partial charge is 0.0619 e. The van der Waals surface area contributed by atoms with E-state index in [-0.39, 0.29) is 0 Å². The molecule has 0 atom stereocenters. The van der Waals surface area contributed by atoms with Crippen LogP contribution in [0.2, 0.25) is 0 Å². The topological polar surface area (TPSA) is 0 Å². The highest BCUT2D eigenvalue weighted by Gasteiger charge is 2.20. The van der Waals surface area contributed by atoms with Crippen molar-refractivity contribution in [1.82, 2.24) is 0 Å². The van der Waals surface area contributed by atoms with E-state index in [9.17, 15) is 0 Å². The first kappa shape index (κ1) is 11.5. The van der Waals surface area contributed by atoms with Gasteiger partial charge in [-0.3, -0.25) is 0 Å². The Morgan fingerprint density at radius 2 is 1.45 bits per heavy atom. The van der Waals surface area contributed by atoms with Gasteiger partial charge in [0.15, 0.2) is 0 Å². The number of hydrogen-bond acceptors (Lipinski definition) is 0. The fraction of sp³-hybridized carbons (Fsp3) is 0.100. The molecule has 0 saturated carbocycles. The highest BCUT2D eigenvalue weighted by Crippen LogP contribution is 2.41. The predicted octanol–water partition coefficient (Wildman–Crippen LogP) is 5.23. The Labute approximate surface area is 119 Å². The molecule has 20 heavy (non-hydrogen) atoms. The Bertz CT molecular complexity index is 797. The summed E-state index contributed by atoms with van der Waals surface area (Å²) < 4.78 is 0. The molecular weight excluding hydrogens is 240 g/mol. The van der Waals surface area contributed by atoms with E-state index in [0.29, 0.717) is 0 Å². The summed E-state index contributed by atoms with van der Waals surface area (Å²) in [4.78, 5) is 0. The summed E-state index contributed by atoms with van der Waals surface area (Å²) in [7, 11) is 0. The molecule has 0 heterocycles. The summed E-state index contributed by atoms with van der Waals surface area (Å²) in [6.07, 6.45) is 1.05. The lowest BCUT2D eigenvalue weighted by Crippen LogP contribution is -1.88. The van der Waals surface area contributed by atoms with Crippen LogP contribution in [0.15, 0.2) is 66.7 Å². The maximum Gasteiger partial charge on any atom is -0.000729 e. The number of benzene rings is 3. The lowest BCUT2D eigenvalue weighted by atomic mass is 9.95. The number of rotatable bonds is 1. The van der Waals surface area contributed by atoms with E-state index < -0.39 is 0 Å². The number of hydrogen-bond donors (Lipinski definition) is 0. The lowest BCUT2D eigenvalue weighted by Gasteiger charge is -2.09. The molecule has 0 fully saturated rings. The average Bonchev–Trinajstić information content (AvgIpc) is 2.86. The zero-order valence-electron chi connectivity index (χ0n) is 11.6. The first-order valence-electron chi connectivity index (χ1n) is 7.10. The average molecular weight is 256 g/mol. The van der Waals surface area contributed by atoms with Crippen LogP contribution in [-0.4, -0.2) is 0 Å². The molecule has 96 valence electrons. The van der Waals surface area contributed by atoms with E-state index in [1.54, 1.807) is 0 Å². The molecule has 0 nitrogen and oxygen atoms in total. The fourth-order valence-corrected chi connectivity index (χ4v) is 3.24. The van der Waals surface area contributed by atoms with Crippen molar-refractivity contribution in [3.8, 4) is 22.3 Å². The van der Waals surface area contributed by atoms with Gasteiger partial charge in [0.05, 0.1) is 0 Å². The van der Waals surface area contributed by atoms with E-state index in [0.717, 1.165) is 6.42 Å². The van der Waals surface area contributed by atoms with E-state index >= 15 is 0 Å². The van der Waals surface area contributed by atoms with E-state index in [4.69, 9.17) is 0 Å². The molecule has 0 unspecified atom stereocenters. The van der Waals surface area contributed by atoms with E-state index in [1.807, 2.05) is 0 Å². The second-order valence-electron chi connectivity index (χ2n) is 5.54. The van der Waals surface area contributed by atoms with Gasteiger partial charge in [-0.25, -0.2) is 0 Å². The van der Waals surface area contributed by atoms with Gasteiger partial charge in [0.2, 0.25) is 0 Å². The van der Waals surface area contributed by atoms with Gasteiger partial charge < -0.3 is 0 Å². The van der Waals surface area contributed by atoms with E-state index in [2.05, 4.69) is 73.7 Å². The molecule has 0 bridgehead atoms. The molecule has 0 radical (unpaired) electrons. The summed E-state index contributed by atoms with van der Waals surface area (Å²) in [5.41, 5.74) is 9.74. The molecule has 0 N–H and O–H groups in total. The third-order valence-corrected chi connectivity index (χ3v) is 4.18. The highest BCUT2D eigenvalue weighted by atomic mass is 14.2. The van der Waals surface area contributed by atoms with Crippen LogP contribution in [0.5, 0.6) is 0 Å². The summed E-state index contributed by atoms with van der Waals surface area (Å²) in [5.74, 6) is 0. The van der Waals surface area contributed by atoms with Crippen molar-refractivity contribution in [1.29, 1.82) is 0 Å². The van der Waals surface area contributed by atoms with Gasteiger partial charge in [0.1, 0.15) is 0 Å². The molecule has 0 spiro atoms. The first-order valence-corrected chi connectivity index (χ1v) is 7.10. The molecule has 0 aromatic heterocycles. The Morgan fingerprint density at radius 3 is 2.35 bits per heavy atom. The van der Waals surface area contributed by atoms with E-state index in [1.165, 1.54) is 38.9 Å². The normalized spacial score (nSPS) is 12.1. The van der Waals surface area contributed by atoms with Gasteiger partial charge in [0, 0.05) is 0 Å². The summed E-state index contributed by atoms with van der Waals surface area (Å²) in [6.45, 7) is 2.15. The number of aryl methyl sites for hydroxylation is 1. The molecule has 0 saturated heterocycles. The quantitative estimate of drug-likeness (QED) is 0.437. The van der Waals surface area contributed by atoms with Crippen molar-refractivity contribution in [2.75, 3.05) is 0 Å². The third-order valence-electron chi connectivity index (χ3n) is 4.18. The summed E-state index contributed by atoms with van der Waals surface area (Å²) in [5, 5.41) is 0. The van der Waals surface area contributed by atoms with Gasteiger partial charge >= 0.3 is 0 Å².